The zero-order valence-corrected chi connectivity index (χ0v) is 15.2. The summed E-state index contributed by atoms with van der Waals surface area (Å²) in [4.78, 5) is 11.8. The Kier molecular flexibility index (Phi) is 4.35. The molecule has 0 saturated heterocycles. The molecule has 0 radical (unpaired) electrons. The number of rotatable bonds is 4. The number of hydrogen-bond donors (Lipinski definition) is 0. The molecule has 0 aliphatic rings. The number of ketones is 1. The topological polar surface area (TPSA) is 56.1 Å². The molecule has 3 rings (SSSR count). The first kappa shape index (κ1) is 17.2. The number of sulfone groups is 1. The lowest BCUT2D eigenvalue weighted by Gasteiger charge is -2.13. The van der Waals surface area contributed by atoms with Crippen molar-refractivity contribution >= 4 is 15.6 Å². The summed E-state index contributed by atoms with van der Waals surface area (Å²) in [5.41, 5.74) is 4.57. The Hall–Kier alpha value is -2.66. The average Bonchev–Trinajstić information content (AvgIpc) is 2.96. The van der Waals surface area contributed by atoms with Crippen LogP contribution < -0.4 is 0 Å². The zero-order chi connectivity index (χ0) is 18.2. The standard InChI is InChI=1S/C20H19NO3S/c1-14-4-13-20(17-7-11-19(12-8-17)25(3,23)24)21(14)18-9-5-16(6-10-18)15(2)22/h4-13H,1-3H3. The van der Waals surface area contributed by atoms with E-state index in [0.717, 1.165) is 22.6 Å². The normalized spacial score (nSPS) is 11.5. The fourth-order valence-electron chi connectivity index (χ4n) is 2.82. The van der Waals surface area contributed by atoms with Gasteiger partial charge in [0.25, 0.3) is 0 Å². The summed E-state index contributed by atoms with van der Waals surface area (Å²) in [6, 6.07) is 18.3. The van der Waals surface area contributed by atoms with E-state index in [1.807, 2.05) is 55.5 Å². The molecule has 0 unspecified atom stereocenters. The van der Waals surface area contributed by atoms with Crippen molar-refractivity contribution in [2.24, 2.45) is 0 Å². The molecule has 1 aromatic heterocycles. The van der Waals surface area contributed by atoms with Gasteiger partial charge in [-0.1, -0.05) is 12.1 Å². The van der Waals surface area contributed by atoms with Crippen LogP contribution >= 0.6 is 0 Å². The van der Waals surface area contributed by atoms with E-state index in [-0.39, 0.29) is 5.78 Å². The van der Waals surface area contributed by atoms with E-state index in [4.69, 9.17) is 0 Å². The van der Waals surface area contributed by atoms with Gasteiger partial charge in [0.05, 0.1) is 10.6 Å². The summed E-state index contributed by atoms with van der Waals surface area (Å²) in [6.45, 7) is 3.55. The van der Waals surface area contributed by atoms with Gasteiger partial charge >= 0.3 is 0 Å². The van der Waals surface area contributed by atoms with Gasteiger partial charge < -0.3 is 4.57 Å². The minimum absolute atomic E-state index is 0.0346. The number of aryl methyl sites for hydroxylation is 1. The molecule has 5 heteroatoms. The van der Waals surface area contributed by atoms with Gasteiger partial charge in [0, 0.05) is 23.2 Å². The third-order valence-electron chi connectivity index (χ3n) is 4.19. The number of nitrogens with zero attached hydrogens (tertiary/aromatic N) is 1. The van der Waals surface area contributed by atoms with Crippen LogP contribution in [0, 0.1) is 6.92 Å². The highest BCUT2D eigenvalue weighted by Gasteiger charge is 2.12. The number of aromatic nitrogens is 1. The largest absolute Gasteiger partial charge is 0.314 e. The number of Topliss-reactive ketones (excluding diaryl/α,β-unsaturated/α-hetero) is 1. The number of benzene rings is 2. The van der Waals surface area contributed by atoms with Gasteiger partial charge in [-0.2, -0.15) is 0 Å². The quantitative estimate of drug-likeness (QED) is 0.665. The summed E-state index contributed by atoms with van der Waals surface area (Å²) in [7, 11) is -3.21. The van der Waals surface area contributed by atoms with Crippen LogP contribution in [0.25, 0.3) is 16.9 Å². The maximum Gasteiger partial charge on any atom is 0.175 e. The van der Waals surface area contributed by atoms with Crippen molar-refractivity contribution in [1.29, 1.82) is 0 Å². The van der Waals surface area contributed by atoms with Crippen LogP contribution in [0.3, 0.4) is 0 Å². The lowest BCUT2D eigenvalue weighted by atomic mass is 10.1. The first-order valence-corrected chi connectivity index (χ1v) is 9.77. The molecule has 25 heavy (non-hydrogen) atoms. The molecule has 0 spiro atoms. The predicted octanol–water partition coefficient (Wildman–Crippen LogP) is 4.06. The predicted molar refractivity (Wildman–Crippen MR) is 99.1 cm³/mol. The molecule has 4 nitrogen and oxygen atoms in total. The molecule has 0 saturated carbocycles. The van der Waals surface area contributed by atoms with Crippen LogP contribution in [-0.4, -0.2) is 25.0 Å². The molecule has 0 amide bonds. The fourth-order valence-corrected chi connectivity index (χ4v) is 3.46. The van der Waals surface area contributed by atoms with Crippen LogP contribution in [-0.2, 0) is 9.84 Å². The Bertz CT molecular complexity index is 1030. The van der Waals surface area contributed by atoms with Crippen LogP contribution in [0.1, 0.15) is 23.0 Å². The fraction of sp³-hybridized carbons (Fsp3) is 0.150. The summed E-state index contributed by atoms with van der Waals surface area (Å²) in [6.07, 6.45) is 1.20. The average molecular weight is 353 g/mol. The van der Waals surface area contributed by atoms with E-state index in [2.05, 4.69) is 4.57 Å². The van der Waals surface area contributed by atoms with E-state index in [9.17, 15) is 13.2 Å². The van der Waals surface area contributed by atoms with Gasteiger partial charge in [-0.3, -0.25) is 4.79 Å². The second-order valence-corrected chi connectivity index (χ2v) is 8.11. The van der Waals surface area contributed by atoms with Gasteiger partial charge in [0.15, 0.2) is 15.6 Å². The van der Waals surface area contributed by atoms with Gasteiger partial charge in [-0.25, -0.2) is 8.42 Å². The van der Waals surface area contributed by atoms with Gasteiger partial charge in [-0.15, -0.1) is 0 Å². The second kappa shape index (κ2) is 6.33. The molecule has 128 valence electrons. The summed E-state index contributed by atoms with van der Waals surface area (Å²) < 4.78 is 25.3. The SMILES string of the molecule is CC(=O)c1ccc(-n2c(C)ccc2-c2ccc(S(C)(=O)=O)cc2)cc1. The molecule has 2 aromatic carbocycles. The van der Waals surface area contributed by atoms with Crippen LogP contribution in [0.5, 0.6) is 0 Å². The summed E-state index contributed by atoms with van der Waals surface area (Å²) in [5.74, 6) is 0.0346. The monoisotopic (exact) mass is 353 g/mol. The van der Waals surface area contributed by atoms with Crippen molar-refractivity contribution in [2.45, 2.75) is 18.7 Å². The molecule has 0 aliphatic carbocycles. The summed E-state index contributed by atoms with van der Waals surface area (Å²) in [5, 5.41) is 0. The molecule has 0 aliphatic heterocycles. The maximum absolute atomic E-state index is 11.6. The van der Waals surface area contributed by atoms with Crippen molar-refractivity contribution in [3.05, 3.63) is 71.9 Å². The molecule has 0 N–H and O–H groups in total. The third-order valence-corrected chi connectivity index (χ3v) is 5.31. The van der Waals surface area contributed by atoms with Crippen molar-refractivity contribution in [1.82, 2.24) is 4.57 Å². The maximum atomic E-state index is 11.6. The Morgan fingerprint density at radius 3 is 2.00 bits per heavy atom. The Labute approximate surface area is 147 Å². The van der Waals surface area contributed by atoms with Crippen molar-refractivity contribution in [2.75, 3.05) is 6.26 Å². The Morgan fingerprint density at radius 2 is 1.48 bits per heavy atom. The van der Waals surface area contributed by atoms with Gasteiger partial charge in [-0.05, 0) is 67.9 Å². The molecule has 0 fully saturated rings. The van der Waals surface area contributed by atoms with Crippen LogP contribution in [0.2, 0.25) is 0 Å². The van der Waals surface area contributed by atoms with E-state index in [1.54, 1.807) is 19.1 Å². The lowest BCUT2D eigenvalue weighted by Crippen LogP contribution is -2.01. The smallest absolute Gasteiger partial charge is 0.175 e. The minimum atomic E-state index is -3.21. The molecular weight excluding hydrogens is 334 g/mol. The first-order valence-electron chi connectivity index (χ1n) is 7.87. The van der Waals surface area contributed by atoms with Crippen LogP contribution in [0.15, 0.2) is 65.6 Å². The molecule has 1 heterocycles. The highest BCUT2D eigenvalue weighted by molar-refractivity contribution is 7.90. The van der Waals surface area contributed by atoms with E-state index >= 15 is 0 Å². The van der Waals surface area contributed by atoms with Crippen LogP contribution in [0.4, 0.5) is 0 Å². The van der Waals surface area contributed by atoms with Crippen molar-refractivity contribution in [3.63, 3.8) is 0 Å². The molecular formula is C20H19NO3S. The third kappa shape index (κ3) is 3.42. The van der Waals surface area contributed by atoms with E-state index < -0.39 is 9.84 Å². The van der Waals surface area contributed by atoms with Crippen molar-refractivity contribution in [3.8, 4) is 16.9 Å². The molecule has 0 bridgehead atoms. The van der Waals surface area contributed by atoms with Gasteiger partial charge in [0.2, 0.25) is 0 Å². The van der Waals surface area contributed by atoms with E-state index in [1.165, 1.54) is 6.26 Å². The molecule has 3 aromatic rings. The number of carbonyl (C=O) groups excluding carboxylic acids is 1. The highest BCUT2D eigenvalue weighted by Crippen LogP contribution is 2.27. The first-order chi connectivity index (χ1) is 11.8. The van der Waals surface area contributed by atoms with E-state index in [0.29, 0.717) is 10.5 Å². The molecule has 0 atom stereocenters. The Balaban J connectivity index is 2.06. The lowest BCUT2D eigenvalue weighted by molar-refractivity contribution is 0.101. The minimum Gasteiger partial charge on any atom is -0.314 e. The van der Waals surface area contributed by atoms with Gasteiger partial charge in [0.1, 0.15) is 0 Å². The number of hydrogen-bond acceptors (Lipinski definition) is 3. The Morgan fingerprint density at radius 1 is 0.880 bits per heavy atom. The highest BCUT2D eigenvalue weighted by atomic mass is 32.2. The zero-order valence-electron chi connectivity index (χ0n) is 14.4. The summed E-state index contributed by atoms with van der Waals surface area (Å²) >= 11 is 0. The second-order valence-electron chi connectivity index (χ2n) is 6.09. The number of carbonyl (C=O) groups is 1. The van der Waals surface area contributed by atoms with Crippen molar-refractivity contribution < 1.29 is 13.2 Å².